The Labute approximate surface area is 142 Å². The number of carboxylic acids is 1. The molecule has 0 radical (unpaired) electrons. The molecule has 1 heterocycles. The van der Waals surface area contributed by atoms with Crippen molar-refractivity contribution in [3.63, 3.8) is 0 Å². The molecule has 6 nitrogen and oxygen atoms in total. The molecule has 3 aromatic rings. The lowest BCUT2D eigenvalue weighted by molar-refractivity contribution is 0.0693. The Kier molecular flexibility index (Phi) is 4.26. The fraction of sp³-hybridized carbons (Fsp3) is 0.0526. The number of ketones is 2. The second kappa shape index (κ2) is 6.52. The van der Waals surface area contributed by atoms with Crippen molar-refractivity contribution in [3.8, 4) is 5.75 Å². The van der Waals surface area contributed by atoms with Crippen LogP contribution in [0.25, 0.3) is 10.9 Å². The molecule has 0 atom stereocenters. The average molecular weight is 335 g/mol. The van der Waals surface area contributed by atoms with Gasteiger partial charge >= 0.3 is 5.97 Å². The summed E-state index contributed by atoms with van der Waals surface area (Å²) < 4.78 is 0. The number of phenols is 1. The minimum absolute atomic E-state index is 0.00498. The molecule has 6 heteroatoms. The van der Waals surface area contributed by atoms with Crippen molar-refractivity contribution in [2.75, 3.05) is 0 Å². The first kappa shape index (κ1) is 16.3. The summed E-state index contributed by atoms with van der Waals surface area (Å²) in [5.41, 5.74) is 0.130. The summed E-state index contributed by atoms with van der Waals surface area (Å²) in [7, 11) is 0. The van der Waals surface area contributed by atoms with Gasteiger partial charge in [-0.3, -0.25) is 9.59 Å². The van der Waals surface area contributed by atoms with Crippen molar-refractivity contribution < 1.29 is 24.6 Å². The second-order valence-corrected chi connectivity index (χ2v) is 5.42. The van der Waals surface area contributed by atoms with Gasteiger partial charge in [-0.25, -0.2) is 9.78 Å². The highest BCUT2D eigenvalue weighted by atomic mass is 16.4. The number of aromatic carboxylic acids is 1. The molecule has 25 heavy (non-hydrogen) atoms. The van der Waals surface area contributed by atoms with Crippen LogP contribution in [0.1, 0.15) is 37.6 Å². The van der Waals surface area contributed by atoms with Gasteiger partial charge in [0.2, 0.25) is 0 Å². The predicted molar refractivity (Wildman–Crippen MR) is 90.1 cm³/mol. The highest BCUT2D eigenvalue weighted by molar-refractivity contribution is 6.13. The van der Waals surface area contributed by atoms with Crippen molar-refractivity contribution in [1.82, 2.24) is 4.98 Å². The second-order valence-electron chi connectivity index (χ2n) is 5.42. The third-order valence-corrected chi connectivity index (χ3v) is 3.77. The molecular weight excluding hydrogens is 322 g/mol. The number of aromatic hydroxyl groups is 1. The number of aromatic nitrogens is 1. The van der Waals surface area contributed by atoms with E-state index < -0.39 is 17.5 Å². The first-order chi connectivity index (χ1) is 12.0. The zero-order chi connectivity index (χ0) is 18.0. The van der Waals surface area contributed by atoms with Gasteiger partial charge in [0.1, 0.15) is 16.8 Å². The summed E-state index contributed by atoms with van der Waals surface area (Å²) in [4.78, 5) is 39.6. The van der Waals surface area contributed by atoms with Crippen LogP contribution < -0.4 is 0 Å². The number of hydrogen-bond acceptors (Lipinski definition) is 5. The Bertz CT molecular complexity index is 995. The summed E-state index contributed by atoms with van der Waals surface area (Å²) in [6.07, 6.45) is -0.359. The fourth-order valence-electron chi connectivity index (χ4n) is 2.46. The summed E-state index contributed by atoms with van der Waals surface area (Å²) in [5, 5.41) is 19.6. The van der Waals surface area contributed by atoms with E-state index in [0.29, 0.717) is 10.9 Å². The smallest absolute Gasteiger partial charge is 0.339 e. The zero-order valence-corrected chi connectivity index (χ0v) is 13.0. The molecule has 0 amide bonds. The lowest BCUT2D eigenvalue weighted by Crippen LogP contribution is -2.10. The van der Waals surface area contributed by atoms with Crippen LogP contribution in [-0.4, -0.2) is 32.7 Å². The largest absolute Gasteiger partial charge is 0.505 e. The highest BCUT2D eigenvalue weighted by Gasteiger charge is 2.18. The number of benzene rings is 2. The predicted octanol–water partition coefficient (Wildman–Crippen LogP) is 3.09. The van der Waals surface area contributed by atoms with E-state index in [-0.39, 0.29) is 29.0 Å². The van der Waals surface area contributed by atoms with Crippen LogP contribution >= 0.6 is 0 Å². The highest BCUT2D eigenvalue weighted by Crippen LogP contribution is 2.27. The molecule has 2 N–H and O–H groups in total. The van der Waals surface area contributed by atoms with Crippen LogP contribution in [0, 0.1) is 0 Å². The molecule has 3 rings (SSSR count). The number of Topliss-reactive ketones (excluding diaryl/α,β-unsaturated/α-hetero) is 2. The third kappa shape index (κ3) is 3.23. The van der Waals surface area contributed by atoms with Crippen molar-refractivity contribution >= 4 is 28.4 Å². The molecule has 0 fully saturated rings. The minimum Gasteiger partial charge on any atom is -0.505 e. The van der Waals surface area contributed by atoms with E-state index in [2.05, 4.69) is 4.98 Å². The maximum atomic E-state index is 12.3. The third-order valence-electron chi connectivity index (χ3n) is 3.77. The van der Waals surface area contributed by atoms with Crippen molar-refractivity contribution in [1.29, 1.82) is 0 Å². The Hall–Kier alpha value is -3.54. The van der Waals surface area contributed by atoms with Gasteiger partial charge in [-0.15, -0.1) is 0 Å². The van der Waals surface area contributed by atoms with E-state index in [1.807, 2.05) is 0 Å². The normalized spacial score (nSPS) is 10.6. The number of fused-ring (bicyclic) bond motifs is 1. The fourth-order valence-corrected chi connectivity index (χ4v) is 2.46. The lowest BCUT2D eigenvalue weighted by atomic mass is 10.0. The van der Waals surface area contributed by atoms with E-state index in [0.717, 1.165) is 0 Å². The standard InChI is InChI=1S/C19H13NO5/c21-15(11-4-2-1-3-5-11)10-16(22)14-9-7-12-6-8-13(19(24)25)18(23)17(12)20-14/h1-9,23H,10H2,(H,24,25). The number of carboxylic acid groups (broad SMARTS) is 1. The molecule has 0 aliphatic carbocycles. The molecule has 0 saturated heterocycles. The Balaban J connectivity index is 1.93. The average Bonchev–Trinajstić information content (AvgIpc) is 2.62. The quantitative estimate of drug-likeness (QED) is 0.548. The lowest BCUT2D eigenvalue weighted by Gasteiger charge is -2.06. The van der Waals surface area contributed by atoms with E-state index >= 15 is 0 Å². The number of pyridine rings is 1. The molecule has 124 valence electrons. The molecule has 0 spiro atoms. The van der Waals surface area contributed by atoms with E-state index in [9.17, 15) is 19.5 Å². The molecule has 0 unspecified atom stereocenters. The van der Waals surface area contributed by atoms with Crippen molar-refractivity contribution in [2.24, 2.45) is 0 Å². The maximum absolute atomic E-state index is 12.3. The number of rotatable bonds is 5. The topological polar surface area (TPSA) is 105 Å². The molecule has 1 aromatic heterocycles. The molecule has 2 aromatic carbocycles. The van der Waals surface area contributed by atoms with Gasteiger partial charge in [-0.1, -0.05) is 42.5 Å². The SMILES string of the molecule is O=C(CC(=O)c1ccc2ccc(C(=O)O)c(O)c2n1)c1ccccc1. The number of carbonyl (C=O) groups excluding carboxylic acids is 2. The van der Waals surface area contributed by atoms with E-state index in [1.54, 1.807) is 36.4 Å². The Morgan fingerprint density at radius 1 is 0.880 bits per heavy atom. The zero-order valence-electron chi connectivity index (χ0n) is 13.0. The van der Waals surface area contributed by atoms with Crippen molar-refractivity contribution in [3.05, 3.63) is 71.4 Å². The van der Waals surface area contributed by atoms with Crippen LogP contribution in [0.2, 0.25) is 0 Å². The maximum Gasteiger partial charge on any atom is 0.339 e. The van der Waals surface area contributed by atoms with Gasteiger partial charge < -0.3 is 10.2 Å². The summed E-state index contributed by atoms with van der Waals surface area (Å²) in [5.74, 6) is -2.64. The van der Waals surface area contributed by atoms with Gasteiger partial charge in [0.15, 0.2) is 17.3 Å². The summed E-state index contributed by atoms with van der Waals surface area (Å²) in [6.45, 7) is 0. The first-order valence-electron chi connectivity index (χ1n) is 7.45. The molecule has 0 bridgehead atoms. The number of hydrogen-bond donors (Lipinski definition) is 2. The summed E-state index contributed by atoms with van der Waals surface area (Å²) >= 11 is 0. The van der Waals surface area contributed by atoms with E-state index in [4.69, 9.17) is 5.11 Å². The van der Waals surface area contributed by atoms with Crippen LogP contribution in [0.3, 0.4) is 0 Å². The van der Waals surface area contributed by atoms with Crippen LogP contribution in [0.5, 0.6) is 5.75 Å². The van der Waals surface area contributed by atoms with E-state index in [1.165, 1.54) is 18.2 Å². The minimum atomic E-state index is -1.29. The Morgan fingerprint density at radius 2 is 1.56 bits per heavy atom. The van der Waals surface area contributed by atoms with Crippen LogP contribution in [-0.2, 0) is 0 Å². The van der Waals surface area contributed by atoms with Gasteiger partial charge in [-0.2, -0.15) is 0 Å². The molecule has 0 aliphatic rings. The first-order valence-corrected chi connectivity index (χ1v) is 7.45. The molecule has 0 aliphatic heterocycles. The molecular formula is C19H13NO5. The van der Waals surface area contributed by atoms with Gasteiger partial charge in [0, 0.05) is 10.9 Å². The number of nitrogens with zero attached hydrogens (tertiary/aromatic N) is 1. The monoisotopic (exact) mass is 335 g/mol. The van der Waals surface area contributed by atoms with Crippen LogP contribution in [0.15, 0.2) is 54.6 Å². The summed E-state index contributed by atoms with van der Waals surface area (Å²) in [6, 6.07) is 14.2. The van der Waals surface area contributed by atoms with Crippen molar-refractivity contribution in [2.45, 2.75) is 6.42 Å². The van der Waals surface area contributed by atoms with Gasteiger partial charge in [-0.05, 0) is 12.1 Å². The van der Waals surface area contributed by atoms with Crippen LogP contribution in [0.4, 0.5) is 0 Å². The Morgan fingerprint density at radius 3 is 2.24 bits per heavy atom. The van der Waals surface area contributed by atoms with Gasteiger partial charge in [0.25, 0.3) is 0 Å². The molecule has 0 saturated carbocycles. The van der Waals surface area contributed by atoms with Gasteiger partial charge in [0.05, 0.1) is 6.42 Å². The number of carbonyl (C=O) groups is 3.